The van der Waals surface area contributed by atoms with Crippen LogP contribution in [0.25, 0.3) is 0 Å². The molecule has 0 radical (unpaired) electrons. The minimum absolute atomic E-state index is 0.631. The van der Waals surface area contributed by atoms with Crippen LogP contribution in [0.3, 0.4) is 0 Å². The molecule has 0 spiro atoms. The lowest BCUT2D eigenvalue weighted by atomic mass is 10.8. The van der Waals surface area contributed by atoms with E-state index in [0.717, 1.165) is 0 Å². The van der Waals surface area contributed by atoms with E-state index >= 15 is 0 Å². The number of nitrogens with two attached hydrogens (primary N) is 1. The van der Waals surface area contributed by atoms with Crippen LogP contribution < -0.4 is 5.73 Å². The van der Waals surface area contributed by atoms with E-state index < -0.39 is 24.7 Å². The van der Waals surface area contributed by atoms with Crippen LogP contribution in [-0.2, 0) is 4.79 Å². The highest BCUT2D eigenvalue weighted by Crippen LogP contribution is 1.87. The maximum atomic E-state index is 9.90. The zero-order valence-electron chi connectivity index (χ0n) is 4.69. The van der Waals surface area contributed by atoms with Crippen molar-refractivity contribution in [3.63, 3.8) is 0 Å². The molecule has 0 amide bonds. The number of carboxylic acid groups (broad SMARTS) is 1. The van der Waals surface area contributed by atoms with Gasteiger partial charge in [0.25, 0.3) is 0 Å². The van der Waals surface area contributed by atoms with Crippen LogP contribution in [0.1, 0.15) is 0 Å². The molecule has 0 aromatic heterocycles. The quantitative estimate of drug-likeness (QED) is 0.329. The van der Waals surface area contributed by atoms with Gasteiger partial charge in [0.2, 0.25) is 0 Å². The summed E-state index contributed by atoms with van der Waals surface area (Å²) in [5.41, 5.74) is 4.86. The number of carbonyl (C=O) groups is 1. The van der Waals surface area contributed by atoms with Crippen LogP contribution in [0.4, 0.5) is 0 Å². The molecule has 0 aliphatic rings. The standard InChI is InChI=1S/C4H9NO4/c5-3(4(8)9)2(7)1-6/h2-3,6-7H,1,5H2,(H,8,9)/t2-,3-/m1/s1/i2+1,3+1. The van der Waals surface area contributed by atoms with E-state index in [4.69, 9.17) is 21.1 Å². The predicted molar refractivity (Wildman–Crippen MR) is 28.7 cm³/mol. The molecule has 0 saturated carbocycles. The molecule has 0 aromatic rings. The van der Waals surface area contributed by atoms with E-state index in [1.807, 2.05) is 0 Å². The van der Waals surface area contributed by atoms with Crippen molar-refractivity contribution >= 4 is 5.97 Å². The zero-order chi connectivity index (χ0) is 7.44. The lowest BCUT2D eigenvalue weighted by Crippen LogP contribution is -2.43. The molecule has 0 bridgehead atoms. The molecule has 0 unspecified atom stereocenters. The zero-order valence-corrected chi connectivity index (χ0v) is 4.69. The first-order valence-electron chi connectivity index (χ1n) is 2.37. The minimum Gasteiger partial charge on any atom is -0.480 e. The maximum absolute atomic E-state index is 9.90. The van der Waals surface area contributed by atoms with E-state index in [2.05, 4.69) is 0 Å². The largest absolute Gasteiger partial charge is 0.480 e. The van der Waals surface area contributed by atoms with E-state index in [9.17, 15) is 4.79 Å². The summed E-state index contributed by atoms with van der Waals surface area (Å²) in [5.74, 6) is -1.32. The van der Waals surface area contributed by atoms with Gasteiger partial charge in [-0.3, -0.25) is 4.79 Å². The van der Waals surface area contributed by atoms with E-state index in [-0.39, 0.29) is 0 Å². The van der Waals surface area contributed by atoms with Gasteiger partial charge in [0.05, 0.1) is 6.61 Å². The Bertz CT molecular complexity index is 105. The van der Waals surface area contributed by atoms with Crippen LogP contribution in [-0.4, -0.2) is 40.0 Å². The number of carboxylic acids is 1. The molecule has 0 aromatic carbocycles. The Kier molecular flexibility index (Phi) is 3.15. The highest BCUT2D eigenvalue weighted by atomic mass is 16.4. The monoisotopic (exact) mass is 137 g/mol. The van der Waals surface area contributed by atoms with Gasteiger partial charge in [0, 0.05) is 0 Å². The Morgan fingerprint density at radius 3 is 2.22 bits per heavy atom. The van der Waals surface area contributed by atoms with Gasteiger partial charge in [-0.2, -0.15) is 0 Å². The van der Waals surface area contributed by atoms with Crippen LogP contribution in [0, 0.1) is 0 Å². The third-order valence-corrected chi connectivity index (χ3v) is 0.887. The van der Waals surface area contributed by atoms with Gasteiger partial charge in [-0.05, 0) is 0 Å². The van der Waals surface area contributed by atoms with E-state index in [0.29, 0.717) is 0 Å². The van der Waals surface area contributed by atoms with Gasteiger partial charge in [-0.25, -0.2) is 0 Å². The average Bonchev–Trinajstić information content (AvgIpc) is 1.84. The molecule has 2 atom stereocenters. The Morgan fingerprint density at radius 2 is 2.11 bits per heavy atom. The highest BCUT2D eigenvalue weighted by molar-refractivity contribution is 5.73. The number of rotatable bonds is 3. The molecule has 54 valence electrons. The Balaban J connectivity index is 3.72. The molecule has 5 nitrogen and oxygen atoms in total. The number of hydrogen-bond donors (Lipinski definition) is 4. The topological polar surface area (TPSA) is 104 Å². The molecule has 0 rings (SSSR count). The Morgan fingerprint density at radius 1 is 1.67 bits per heavy atom. The second kappa shape index (κ2) is 3.39. The molecule has 9 heavy (non-hydrogen) atoms. The van der Waals surface area contributed by atoms with Crippen molar-refractivity contribution in [2.45, 2.75) is 12.1 Å². The number of aliphatic carboxylic acids is 1. The lowest BCUT2D eigenvalue weighted by Gasteiger charge is -2.10. The smallest absolute Gasteiger partial charge is 0.323 e. The van der Waals surface area contributed by atoms with Crippen molar-refractivity contribution in [3.05, 3.63) is 0 Å². The first kappa shape index (κ1) is 8.35. The fourth-order valence-corrected chi connectivity index (χ4v) is 0.278. The molecule has 0 aliphatic carbocycles. The van der Waals surface area contributed by atoms with E-state index in [1.165, 1.54) is 0 Å². The van der Waals surface area contributed by atoms with Crippen LogP contribution in [0.2, 0.25) is 0 Å². The fraction of sp³-hybridized carbons (Fsp3) is 0.750. The summed E-state index contributed by atoms with van der Waals surface area (Å²) in [6, 6.07) is -1.39. The molecule has 0 heterocycles. The predicted octanol–water partition coefficient (Wildman–Crippen LogP) is -2.25. The maximum Gasteiger partial charge on any atom is 0.323 e. The Labute approximate surface area is 51.7 Å². The number of hydrogen-bond acceptors (Lipinski definition) is 4. The van der Waals surface area contributed by atoms with Crippen molar-refractivity contribution in [2.75, 3.05) is 6.61 Å². The van der Waals surface area contributed by atoms with E-state index in [1.54, 1.807) is 0 Å². The third-order valence-electron chi connectivity index (χ3n) is 0.887. The van der Waals surface area contributed by atoms with Crippen LogP contribution in [0.5, 0.6) is 0 Å². The minimum atomic E-state index is -1.39. The van der Waals surface area contributed by atoms with Crippen LogP contribution in [0.15, 0.2) is 0 Å². The van der Waals surface area contributed by atoms with Crippen molar-refractivity contribution in [3.8, 4) is 0 Å². The van der Waals surface area contributed by atoms with Gasteiger partial charge in [0.15, 0.2) is 0 Å². The summed E-state index contributed by atoms with van der Waals surface area (Å²) >= 11 is 0. The van der Waals surface area contributed by atoms with Gasteiger partial charge in [-0.15, -0.1) is 0 Å². The summed E-state index contributed by atoms with van der Waals surface area (Å²) in [6.07, 6.45) is -1.37. The van der Waals surface area contributed by atoms with Crippen molar-refractivity contribution < 1.29 is 20.1 Å². The molecule has 5 heteroatoms. The first-order chi connectivity index (χ1) is 4.09. The third kappa shape index (κ3) is 2.41. The second-order valence-corrected chi connectivity index (χ2v) is 1.61. The summed E-state index contributed by atoms with van der Waals surface area (Å²) in [4.78, 5) is 9.90. The van der Waals surface area contributed by atoms with Gasteiger partial charge in [-0.1, -0.05) is 0 Å². The fourth-order valence-electron chi connectivity index (χ4n) is 0.278. The van der Waals surface area contributed by atoms with Gasteiger partial charge < -0.3 is 21.1 Å². The molecular formula is C4H9NO4. The molecular weight excluding hydrogens is 128 g/mol. The summed E-state index contributed by atoms with van der Waals surface area (Å²) in [6.45, 7) is -0.631. The SMILES string of the molecule is N[13C@@H](C(=O)O)[13C@H](O)CO. The Hall–Kier alpha value is -0.650. The van der Waals surface area contributed by atoms with Crippen molar-refractivity contribution in [1.29, 1.82) is 0 Å². The highest BCUT2D eigenvalue weighted by Gasteiger charge is 2.20. The summed E-state index contributed by atoms with van der Waals surface area (Å²) in [5, 5.41) is 24.8. The van der Waals surface area contributed by atoms with Gasteiger partial charge >= 0.3 is 5.97 Å². The summed E-state index contributed by atoms with van der Waals surface area (Å²) in [7, 11) is 0. The van der Waals surface area contributed by atoms with Crippen molar-refractivity contribution in [1.82, 2.24) is 0 Å². The lowest BCUT2D eigenvalue weighted by molar-refractivity contribution is -0.141. The normalized spacial score (nSPS) is 16.8. The molecule has 0 fully saturated rings. The first-order valence-corrected chi connectivity index (χ1v) is 2.37. The van der Waals surface area contributed by atoms with Crippen LogP contribution >= 0.6 is 0 Å². The molecule has 0 saturated heterocycles. The summed E-state index contributed by atoms with van der Waals surface area (Å²) < 4.78 is 0. The number of aliphatic hydroxyl groups is 2. The number of aliphatic hydroxyl groups excluding tert-OH is 2. The van der Waals surface area contributed by atoms with Gasteiger partial charge in [0.1, 0.15) is 12.1 Å². The second-order valence-electron chi connectivity index (χ2n) is 1.61. The van der Waals surface area contributed by atoms with Crippen molar-refractivity contribution in [2.24, 2.45) is 5.73 Å². The molecule has 0 aliphatic heterocycles. The molecule has 5 N–H and O–H groups in total. The average molecular weight is 137 g/mol.